The van der Waals surface area contributed by atoms with Crippen molar-refractivity contribution in [1.82, 2.24) is 5.32 Å². The van der Waals surface area contributed by atoms with Crippen molar-refractivity contribution in [2.45, 2.75) is 18.9 Å². The number of methoxy groups -OCH3 is 1. The van der Waals surface area contributed by atoms with Gasteiger partial charge in [-0.3, -0.25) is 4.79 Å². The summed E-state index contributed by atoms with van der Waals surface area (Å²) in [5.74, 6) is -0.529. The Labute approximate surface area is 107 Å². The number of carbonyl (C=O) groups excluding carboxylic acids is 1. The molecule has 92 valence electrons. The van der Waals surface area contributed by atoms with Gasteiger partial charge < -0.3 is 10.1 Å². The number of carbonyl (C=O) groups is 1. The van der Waals surface area contributed by atoms with Crippen LogP contribution in [0.15, 0.2) is 16.6 Å². The molecule has 1 aromatic rings. The van der Waals surface area contributed by atoms with Crippen molar-refractivity contribution in [3.05, 3.63) is 33.5 Å². The van der Waals surface area contributed by atoms with Gasteiger partial charge in [0.05, 0.1) is 18.0 Å². The average molecular weight is 302 g/mol. The van der Waals surface area contributed by atoms with Crippen LogP contribution in [0.25, 0.3) is 0 Å². The number of hydrogen-bond acceptors (Lipinski definition) is 3. The van der Waals surface area contributed by atoms with Crippen LogP contribution in [-0.4, -0.2) is 19.6 Å². The maximum Gasteiger partial charge on any atom is 0.307 e. The van der Waals surface area contributed by atoms with Crippen molar-refractivity contribution in [3.8, 4) is 0 Å². The number of esters is 1. The van der Waals surface area contributed by atoms with Crippen molar-refractivity contribution in [3.63, 3.8) is 0 Å². The van der Waals surface area contributed by atoms with Crippen LogP contribution >= 0.6 is 15.9 Å². The first-order chi connectivity index (χ1) is 8.13. The summed E-state index contributed by atoms with van der Waals surface area (Å²) in [6.45, 7) is 0.733. The van der Waals surface area contributed by atoms with Crippen LogP contribution in [0, 0.1) is 5.82 Å². The van der Waals surface area contributed by atoms with E-state index in [-0.39, 0.29) is 24.2 Å². The van der Waals surface area contributed by atoms with E-state index in [1.54, 1.807) is 6.07 Å². The number of rotatable bonds is 2. The van der Waals surface area contributed by atoms with Crippen LogP contribution in [0.3, 0.4) is 0 Å². The lowest BCUT2D eigenvalue weighted by Crippen LogP contribution is -2.32. The second-order valence-corrected chi connectivity index (χ2v) is 4.76. The van der Waals surface area contributed by atoms with Gasteiger partial charge in [-0.25, -0.2) is 4.39 Å². The first-order valence-corrected chi connectivity index (χ1v) is 6.19. The molecule has 1 N–H and O–H groups in total. The highest BCUT2D eigenvalue weighted by atomic mass is 79.9. The van der Waals surface area contributed by atoms with Gasteiger partial charge in [-0.15, -0.1) is 0 Å². The van der Waals surface area contributed by atoms with Crippen LogP contribution < -0.4 is 5.32 Å². The van der Waals surface area contributed by atoms with Crippen LogP contribution in [0.2, 0.25) is 0 Å². The highest BCUT2D eigenvalue weighted by Crippen LogP contribution is 2.32. The smallest absolute Gasteiger partial charge is 0.307 e. The molecular weight excluding hydrogens is 289 g/mol. The highest BCUT2D eigenvalue weighted by Gasteiger charge is 2.25. The maximum absolute atomic E-state index is 13.4. The Morgan fingerprint density at radius 1 is 1.65 bits per heavy atom. The van der Waals surface area contributed by atoms with Crippen molar-refractivity contribution in [1.29, 1.82) is 0 Å². The number of nitrogens with one attached hydrogen (secondary N) is 1. The van der Waals surface area contributed by atoms with E-state index < -0.39 is 0 Å². The third-order valence-corrected chi connectivity index (χ3v) is 3.83. The van der Waals surface area contributed by atoms with Gasteiger partial charge in [-0.2, -0.15) is 0 Å². The minimum absolute atomic E-state index is 0.0944. The molecule has 2 rings (SSSR count). The van der Waals surface area contributed by atoms with Gasteiger partial charge in [0, 0.05) is 6.04 Å². The maximum atomic E-state index is 13.4. The molecule has 0 fully saturated rings. The Morgan fingerprint density at radius 3 is 3.12 bits per heavy atom. The van der Waals surface area contributed by atoms with Crippen LogP contribution in [0.4, 0.5) is 4.39 Å². The lowest BCUT2D eigenvalue weighted by Gasteiger charge is -2.27. The fourth-order valence-corrected chi connectivity index (χ4v) is 2.66. The summed E-state index contributed by atoms with van der Waals surface area (Å²) in [6, 6.07) is 3.05. The van der Waals surface area contributed by atoms with Crippen molar-refractivity contribution < 1.29 is 13.9 Å². The fourth-order valence-electron chi connectivity index (χ4n) is 2.10. The Morgan fingerprint density at radius 2 is 2.41 bits per heavy atom. The van der Waals surface area contributed by atoms with E-state index in [2.05, 4.69) is 26.0 Å². The van der Waals surface area contributed by atoms with E-state index in [9.17, 15) is 9.18 Å². The standard InChI is InChI=1S/C12H13BrFNO2/c1-17-11(16)6-10-7-2-3-9(14)12(13)8(7)4-5-15-10/h2-3,10,15H,4-6H2,1H3. The first-order valence-electron chi connectivity index (χ1n) is 5.40. The molecule has 0 saturated carbocycles. The monoisotopic (exact) mass is 301 g/mol. The third-order valence-electron chi connectivity index (χ3n) is 2.97. The average Bonchev–Trinajstić information content (AvgIpc) is 2.34. The van der Waals surface area contributed by atoms with E-state index >= 15 is 0 Å². The molecule has 0 amide bonds. The molecule has 0 aromatic heterocycles. The van der Waals surface area contributed by atoms with Crippen molar-refractivity contribution in [2.24, 2.45) is 0 Å². The van der Waals surface area contributed by atoms with Crippen LogP contribution in [-0.2, 0) is 16.0 Å². The van der Waals surface area contributed by atoms with Gasteiger partial charge in [-0.05, 0) is 46.1 Å². The summed E-state index contributed by atoms with van der Waals surface area (Å²) in [5, 5.41) is 3.24. The first kappa shape index (κ1) is 12.5. The van der Waals surface area contributed by atoms with Gasteiger partial charge in [0.15, 0.2) is 0 Å². The van der Waals surface area contributed by atoms with E-state index in [4.69, 9.17) is 0 Å². The molecule has 5 heteroatoms. The van der Waals surface area contributed by atoms with Crippen molar-refractivity contribution in [2.75, 3.05) is 13.7 Å². The number of benzene rings is 1. The van der Waals surface area contributed by atoms with Gasteiger partial charge in [0.25, 0.3) is 0 Å². The highest BCUT2D eigenvalue weighted by molar-refractivity contribution is 9.10. The number of fused-ring (bicyclic) bond motifs is 1. The van der Waals surface area contributed by atoms with E-state index in [0.717, 1.165) is 24.1 Å². The summed E-state index contributed by atoms with van der Waals surface area (Å²) in [5.41, 5.74) is 1.91. The molecular formula is C12H13BrFNO2. The summed E-state index contributed by atoms with van der Waals surface area (Å²) >= 11 is 3.26. The SMILES string of the molecule is COC(=O)CC1NCCc2c1ccc(F)c2Br. The normalized spacial score (nSPS) is 18.6. The zero-order chi connectivity index (χ0) is 12.4. The molecule has 0 radical (unpaired) electrons. The van der Waals surface area contributed by atoms with E-state index in [1.807, 2.05) is 0 Å². The number of halogens is 2. The summed E-state index contributed by atoms with van der Waals surface area (Å²) in [7, 11) is 1.37. The largest absolute Gasteiger partial charge is 0.469 e. The molecule has 3 nitrogen and oxygen atoms in total. The molecule has 1 heterocycles. The molecule has 1 aliphatic heterocycles. The fraction of sp³-hybridized carbons (Fsp3) is 0.417. The molecule has 0 spiro atoms. The van der Waals surface area contributed by atoms with Gasteiger partial charge in [-0.1, -0.05) is 6.07 Å². The summed E-state index contributed by atoms with van der Waals surface area (Å²) in [6.07, 6.45) is 1.02. The van der Waals surface area contributed by atoms with Gasteiger partial charge >= 0.3 is 5.97 Å². The Kier molecular flexibility index (Phi) is 3.79. The van der Waals surface area contributed by atoms with Crippen LogP contribution in [0.5, 0.6) is 0 Å². The van der Waals surface area contributed by atoms with E-state index in [1.165, 1.54) is 13.2 Å². The lowest BCUT2D eigenvalue weighted by molar-refractivity contribution is -0.141. The third kappa shape index (κ3) is 2.50. The minimum Gasteiger partial charge on any atom is -0.469 e. The molecule has 0 aliphatic carbocycles. The molecule has 1 aromatic carbocycles. The second kappa shape index (κ2) is 5.14. The molecule has 1 atom stereocenters. The summed E-state index contributed by atoms with van der Waals surface area (Å²) < 4.78 is 18.6. The quantitative estimate of drug-likeness (QED) is 0.852. The van der Waals surface area contributed by atoms with Crippen LogP contribution in [0.1, 0.15) is 23.6 Å². The molecule has 1 unspecified atom stereocenters. The number of hydrogen-bond donors (Lipinski definition) is 1. The van der Waals surface area contributed by atoms with Gasteiger partial charge in [0.2, 0.25) is 0 Å². The zero-order valence-corrected chi connectivity index (χ0v) is 11.0. The number of ether oxygens (including phenoxy) is 1. The Hall–Kier alpha value is -0.940. The predicted octanol–water partition coefficient (Wildman–Crippen LogP) is 2.34. The van der Waals surface area contributed by atoms with Gasteiger partial charge in [0.1, 0.15) is 5.82 Å². The predicted molar refractivity (Wildman–Crippen MR) is 65.2 cm³/mol. The Bertz CT molecular complexity index is 450. The molecule has 17 heavy (non-hydrogen) atoms. The van der Waals surface area contributed by atoms with E-state index in [0.29, 0.717) is 4.47 Å². The Balaban J connectivity index is 2.32. The minimum atomic E-state index is -0.268. The molecule has 0 bridgehead atoms. The van der Waals surface area contributed by atoms with Crippen molar-refractivity contribution >= 4 is 21.9 Å². The second-order valence-electron chi connectivity index (χ2n) is 3.97. The molecule has 0 saturated heterocycles. The molecule has 1 aliphatic rings. The lowest BCUT2D eigenvalue weighted by atomic mass is 9.92. The topological polar surface area (TPSA) is 38.3 Å². The summed E-state index contributed by atoms with van der Waals surface area (Å²) in [4.78, 5) is 11.3. The zero-order valence-electron chi connectivity index (χ0n) is 9.43.